The minimum atomic E-state index is -3.30. The summed E-state index contributed by atoms with van der Waals surface area (Å²) in [4.78, 5) is 17.4. The number of nitrogens with one attached hydrogen (secondary N) is 1. The van der Waals surface area contributed by atoms with Crippen LogP contribution in [0.15, 0.2) is 18.3 Å². The number of pyridine rings is 1. The second-order valence-corrected chi connectivity index (χ2v) is 12.0. The van der Waals surface area contributed by atoms with Gasteiger partial charge in [-0.2, -0.15) is 0 Å². The molecule has 0 aliphatic carbocycles. The van der Waals surface area contributed by atoms with E-state index < -0.39 is 10.0 Å². The average molecular weight is 497 g/mol. The topological polar surface area (TPSA) is 121 Å². The summed E-state index contributed by atoms with van der Waals surface area (Å²) in [5, 5.41) is 6.56. The van der Waals surface area contributed by atoms with E-state index in [-0.39, 0.29) is 29.3 Å². The van der Waals surface area contributed by atoms with Gasteiger partial charge in [-0.3, -0.25) is 9.69 Å². The molecular formula is C23H36N4O6S. The van der Waals surface area contributed by atoms with Gasteiger partial charge < -0.3 is 19.5 Å². The number of carboxylic acid groups (broad SMARTS) is 1. The predicted molar refractivity (Wildman–Crippen MR) is 127 cm³/mol. The van der Waals surface area contributed by atoms with E-state index in [0.717, 1.165) is 38.3 Å². The molecule has 190 valence electrons. The molecule has 10 nitrogen and oxygen atoms in total. The van der Waals surface area contributed by atoms with E-state index in [9.17, 15) is 8.42 Å². The largest absolute Gasteiger partial charge is 0.483 e. The molecule has 0 radical (unpaired) electrons. The fraction of sp³-hybridized carbons (Fsp3) is 0.739. The molecule has 4 aliphatic rings. The summed E-state index contributed by atoms with van der Waals surface area (Å²) in [5.74, 6) is 1.60. The lowest BCUT2D eigenvalue weighted by Crippen LogP contribution is -2.45. The van der Waals surface area contributed by atoms with E-state index in [1.807, 2.05) is 25.2 Å². The highest BCUT2D eigenvalue weighted by atomic mass is 32.2. The summed E-state index contributed by atoms with van der Waals surface area (Å²) in [6.07, 6.45) is 5.43. The predicted octanol–water partition coefficient (Wildman–Crippen LogP) is 0.926. The van der Waals surface area contributed by atoms with Crippen LogP contribution in [0.3, 0.4) is 0 Å². The summed E-state index contributed by atoms with van der Waals surface area (Å²) < 4.78 is 40.4. The van der Waals surface area contributed by atoms with Crippen molar-refractivity contribution >= 4 is 22.3 Å². The Kier molecular flexibility index (Phi) is 7.78. The van der Waals surface area contributed by atoms with Crippen LogP contribution in [0.25, 0.3) is 0 Å². The summed E-state index contributed by atoms with van der Waals surface area (Å²) in [6.45, 7) is 4.04. The van der Waals surface area contributed by atoms with Crippen molar-refractivity contribution in [2.45, 2.75) is 49.2 Å². The number of fused-ring (bicyclic) bond motifs is 1. The molecule has 2 bridgehead atoms. The van der Waals surface area contributed by atoms with Gasteiger partial charge in [0.15, 0.2) is 0 Å². The van der Waals surface area contributed by atoms with Gasteiger partial charge in [-0.1, -0.05) is 6.07 Å². The van der Waals surface area contributed by atoms with Crippen molar-refractivity contribution in [1.82, 2.24) is 14.6 Å². The second kappa shape index (κ2) is 10.4. The van der Waals surface area contributed by atoms with E-state index in [4.69, 9.17) is 19.4 Å². The zero-order valence-corrected chi connectivity index (χ0v) is 20.7. The Labute approximate surface area is 201 Å². The van der Waals surface area contributed by atoms with Gasteiger partial charge in [0.05, 0.1) is 17.0 Å². The number of likely N-dealkylation sites (tertiary alicyclic amines) is 1. The molecule has 1 spiro atoms. The van der Waals surface area contributed by atoms with Crippen molar-refractivity contribution in [3.63, 3.8) is 0 Å². The SMILES string of the molecule is CN(C)c1ccc(CN2C[C@@H]3[C@H](CNS(=O)(=O)C4CCOCC4)[C@H]4CC[C@]3(C2)O4)cn1.O=CO. The van der Waals surface area contributed by atoms with Gasteiger partial charge in [-0.25, -0.2) is 18.1 Å². The van der Waals surface area contributed by atoms with Gasteiger partial charge in [-0.05, 0) is 37.3 Å². The molecule has 0 amide bonds. The fourth-order valence-electron chi connectivity index (χ4n) is 6.03. The van der Waals surface area contributed by atoms with Crippen LogP contribution in [0, 0.1) is 11.8 Å². The number of carbonyl (C=O) groups is 1. The van der Waals surface area contributed by atoms with E-state index in [1.54, 1.807) is 0 Å². The van der Waals surface area contributed by atoms with Crippen LogP contribution in [0.4, 0.5) is 5.82 Å². The third-order valence-corrected chi connectivity index (χ3v) is 9.57. The van der Waals surface area contributed by atoms with Crippen LogP contribution in [-0.2, 0) is 30.8 Å². The summed E-state index contributed by atoms with van der Waals surface area (Å²) in [5.41, 5.74) is 1.10. The Morgan fingerprint density at radius 2 is 2.03 bits per heavy atom. The molecule has 4 fully saturated rings. The van der Waals surface area contributed by atoms with Crippen molar-refractivity contribution in [2.75, 3.05) is 51.8 Å². The Morgan fingerprint density at radius 1 is 1.29 bits per heavy atom. The summed E-state index contributed by atoms with van der Waals surface area (Å²) >= 11 is 0. The molecule has 0 unspecified atom stereocenters. The van der Waals surface area contributed by atoms with Gasteiger partial charge in [-0.15, -0.1) is 0 Å². The van der Waals surface area contributed by atoms with Gasteiger partial charge in [0, 0.05) is 71.5 Å². The first-order chi connectivity index (χ1) is 16.3. The van der Waals surface area contributed by atoms with Crippen LogP contribution >= 0.6 is 0 Å². The van der Waals surface area contributed by atoms with Gasteiger partial charge >= 0.3 is 0 Å². The number of rotatable bonds is 7. The van der Waals surface area contributed by atoms with Crippen molar-refractivity contribution in [3.8, 4) is 0 Å². The Bertz CT molecular complexity index is 937. The first-order valence-corrected chi connectivity index (χ1v) is 13.5. The molecule has 4 saturated heterocycles. The number of ether oxygens (including phenoxy) is 2. The lowest BCUT2D eigenvalue weighted by Gasteiger charge is -2.30. The smallest absolute Gasteiger partial charge is 0.290 e. The molecule has 2 N–H and O–H groups in total. The number of sulfonamides is 1. The Balaban J connectivity index is 0.000000868. The lowest BCUT2D eigenvalue weighted by molar-refractivity contribution is -0.122. The molecule has 11 heteroatoms. The third-order valence-electron chi connectivity index (χ3n) is 7.66. The van der Waals surface area contributed by atoms with Gasteiger partial charge in [0.25, 0.3) is 6.47 Å². The maximum Gasteiger partial charge on any atom is 0.290 e. The highest BCUT2D eigenvalue weighted by Crippen LogP contribution is 2.54. The van der Waals surface area contributed by atoms with E-state index in [0.29, 0.717) is 38.5 Å². The third kappa shape index (κ3) is 5.23. The number of aromatic nitrogens is 1. The van der Waals surface area contributed by atoms with Crippen molar-refractivity contribution in [2.24, 2.45) is 11.8 Å². The zero-order chi connectivity index (χ0) is 24.3. The summed E-state index contributed by atoms with van der Waals surface area (Å²) in [6, 6.07) is 4.20. The minimum absolute atomic E-state index is 0.101. The van der Waals surface area contributed by atoms with Crippen LogP contribution in [0.5, 0.6) is 0 Å². The van der Waals surface area contributed by atoms with Crippen LogP contribution < -0.4 is 9.62 Å². The van der Waals surface area contributed by atoms with Crippen molar-refractivity contribution < 1.29 is 27.8 Å². The molecule has 4 atom stereocenters. The van der Waals surface area contributed by atoms with E-state index in [2.05, 4.69) is 26.7 Å². The molecule has 0 saturated carbocycles. The molecule has 1 aromatic heterocycles. The monoisotopic (exact) mass is 496 g/mol. The Hall–Kier alpha value is -1.79. The highest BCUT2D eigenvalue weighted by molar-refractivity contribution is 7.90. The number of anilines is 1. The average Bonchev–Trinajstić information content (AvgIpc) is 3.47. The van der Waals surface area contributed by atoms with Gasteiger partial charge in [0.2, 0.25) is 10.0 Å². The van der Waals surface area contributed by atoms with Crippen LogP contribution in [0.2, 0.25) is 0 Å². The van der Waals surface area contributed by atoms with Gasteiger partial charge in [0.1, 0.15) is 5.82 Å². The molecule has 1 aromatic rings. The molecule has 0 aromatic carbocycles. The Morgan fingerprint density at radius 3 is 2.68 bits per heavy atom. The normalized spacial score (nSPS) is 31.1. The quantitative estimate of drug-likeness (QED) is 0.531. The molecule has 4 aliphatic heterocycles. The lowest BCUT2D eigenvalue weighted by atomic mass is 9.74. The maximum absolute atomic E-state index is 12.8. The van der Waals surface area contributed by atoms with Crippen LogP contribution in [-0.4, -0.2) is 93.8 Å². The van der Waals surface area contributed by atoms with E-state index in [1.165, 1.54) is 5.56 Å². The first-order valence-electron chi connectivity index (χ1n) is 11.9. The minimum Gasteiger partial charge on any atom is -0.483 e. The highest BCUT2D eigenvalue weighted by Gasteiger charge is 2.62. The van der Waals surface area contributed by atoms with Crippen LogP contribution in [0.1, 0.15) is 31.2 Å². The number of hydrogen-bond acceptors (Lipinski definition) is 8. The first kappa shape index (κ1) is 25.3. The molecule has 34 heavy (non-hydrogen) atoms. The molecule has 5 heterocycles. The second-order valence-electron chi connectivity index (χ2n) is 9.93. The number of nitrogens with zero attached hydrogens (tertiary/aromatic N) is 3. The molecule has 5 rings (SSSR count). The van der Waals surface area contributed by atoms with Crippen molar-refractivity contribution in [3.05, 3.63) is 23.9 Å². The van der Waals surface area contributed by atoms with Crippen molar-refractivity contribution in [1.29, 1.82) is 0 Å². The maximum atomic E-state index is 12.8. The van der Waals surface area contributed by atoms with E-state index >= 15 is 0 Å². The number of hydrogen-bond donors (Lipinski definition) is 2. The zero-order valence-electron chi connectivity index (χ0n) is 19.9. The molecular weight excluding hydrogens is 460 g/mol. The summed E-state index contributed by atoms with van der Waals surface area (Å²) in [7, 11) is 0.683. The fourth-order valence-corrected chi connectivity index (χ4v) is 7.50. The standard InChI is InChI=1S/C22H34N4O4S.CH2O2/c1-25(2)21-4-3-16(11-23-21)13-26-14-19-18(20-5-8-22(19,15-26)30-20)12-24-31(27,28)17-6-9-29-10-7-17;2-1-3/h3-4,11,17-20,24H,5-10,12-15H2,1-2H3;1H,(H,2,3)/t18-,19+,20+,22+;/m0./s1.